The molecule has 0 aliphatic heterocycles. The van der Waals surface area contributed by atoms with Crippen molar-refractivity contribution in [1.29, 1.82) is 0 Å². The molecule has 0 saturated heterocycles. The predicted octanol–water partition coefficient (Wildman–Crippen LogP) is 3.70. The summed E-state index contributed by atoms with van der Waals surface area (Å²) in [6.45, 7) is 0.114. The monoisotopic (exact) mass is 525 g/mol. The number of guanidine groups is 1. The smallest absolute Gasteiger partial charge is 0.390 e. The van der Waals surface area contributed by atoms with Crippen LogP contribution >= 0.6 is 39.9 Å². The summed E-state index contributed by atoms with van der Waals surface area (Å²) < 4.78 is 47.6. The highest BCUT2D eigenvalue weighted by atomic mass is 127. The van der Waals surface area contributed by atoms with Crippen LogP contribution < -0.4 is 20.1 Å². The molecular formula is C14H20BrF3IN3O2. The Bertz CT molecular complexity index is 557. The van der Waals surface area contributed by atoms with Gasteiger partial charge in [-0.1, -0.05) is 15.9 Å². The van der Waals surface area contributed by atoms with Gasteiger partial charge in [0, 0.05) is 24.6 Å². The highest BCUT2D eigenvalue weighted by molar-refractivity contribution is 14.0. The molecule has 0 bridgehead atoms. The molecule has 0 heterocycles. The number of nitrogens with zero attached hydrogens (tertiary/aromatic N) is 1. The van der Waals surface area contributed by atoms with Gasteiger partial charge in [-0.15, -0.1) is 24.0 Å². The number of aliphatic imine (C=N–C) groups is 1. The van der Waals surface area contributed by atoms with E-state index in [1.807, 2.05) is 0 Å². The minimum absolute atomic E-state index is 0. The van der Waals surface area contributed by atoms with Crippen LogP contribution in [0.4, 0.5) is 13.2 Å². The van der Waals surface area contributed by atoms with Gasteiger partial charge in [-0.3, -0.25) is 4.99 Å². The van der Waals surface area contributed by atoms with Crippen molar-refractivity contribution in [1.82, 2.24) is 10.6 Å². The second-order valence-corrected chi connectivity index (χ2v) is 5.37. The molecule has 0 spiro atoms. The van der Waals surface area contributed by atoms with Crippen molar-refractivity contribution in [2.45, 2.75) is 19.1 Å². The first-order valence-corrected chi connectivity index (χ1v) is 7.51. The summed E-state index contributed by atoms with van der Waals surface area (Å²) in [7, 11) is 4.56. The summed E-state index contributed by atoms with van der Waals surface area (Å²) in [6, 6.07) is 3.54. The summed E-state index contributed by atoms with van der Waals surface area (Å²) in [6.07, 6.45) is -5.12. The van der Waals surface area contributed by atoms with Crippen molar-refractivity contribution in [3.63, 3.8) is 0 Å². The highest BCUT2D eigenvalue weighted by Gasteiger charge is 2.26. The molecule has 2 N–H and O–H groups in total. The number of ether oxygens (including phenoxy) is 2. The Morgan fingerprint density at radius 1 is 1.17 bits per heavy atom. The van der Waals surface area contributed by atoms with Crippen molar-refractivity contribution in [3.8, 4) is 11.5 Å². The van der Waals surface area contributed by atoms with E-state index in [2.05, 4.69) is 31.6 Å². The average Bonchev–Trinajstić information content (AvgIpc) is 2.50. The van der Waals surface area contributed by atoms with Crippen LogP contribution in [-0.4, -0.2) is 39.9 Å². The zero-order valence-electron chi connectivity index (χ0n) is 13.5. The Morgan fingerprint density at radius 3 is 2.25 bits per heavy atom. The van der Waals surface area contributed by atoms with Gasteiger partial charge in [0.05, 0.1) is 20.6 Å². The zero-order chi connectivity index (χ0) is 17.5. The third-order valence-corrected chi connectivity index (χ3v) is 3.66. The van der Waals surface area contributed by atoms with Crippen LogP contribution in [0.5, 0.6) is 11.5 Å². The molecule has 0 aliphatic carbocycles. The van der Waals surface area contributed by atoms with Gasteiger partial charge in [-0.05, 0) is 17.7 Å². The molecular weight excluding hydrogens is 506 g/mol. The quantitative estimate of drug-likeness (QED) is 0.338. The Labute approximate surface area is 164 Å². The molecule has 0 atom stereocenters. The fraction of sp³-hybridized carbons (Fsp3) is 0.500. The van der Waals surface area contributed by atoms with E-state index < -0.39 is 12.6 Å². The number of hydrogen-bond acceptors (Lipinski definition) is 3. The van der Waals surface area contributed by atoms with E-state index in [9.17, 15) is 13.2 Å². The number of hydrogen-bond donors (Lipinski definition) is 2. The first-order chi connectivity index (χ1) is 10.8. The van der Waals surface area contributed by atoms with Gasteiger partial charge < -0.3 is 20.1 Å². The van der Waals surface area contributed by atoms with Gasteiger partial charge in [0.1, 0.15) is 0 Å². The number of nitrogens with one attached hydrogen (secondary N) is 2. The first kappa shape index (κ1) is 23.1. The van der Waals surface area contributed by atoms with E-state index in [1.54, 1.807) is 12.1 Å². The lowest BCUT2D eigenvalue weighted by molar-refractivity contribution is -0.132. The van der Waals surface area contributed by atoms with Crippen LogP contribution in [0, 0.1) is 0 Å². The van der Waals surface area contributed by atoms with Crippen LogP contribution in [0.1, 0.15) is 12.0 Å². The van der Waals surface area contributed by atoms with Crippen LogP contribution in [-0.2, 0) is 6.54 Å². The molecule has 0 amide bonds. The van der Waals surface area contributed by atoms with E-state index in [0.29, 0.717) is 18.0 Å². The van der Waals surface area contributed by atoms with Gasteiger partial charge in [0.2, 0.25) is 0 Å². The molecule has 0 aliphatic rings. The maximum absolute atomic E-state index is 12.1. The summed E-state index contributed by atoms with van der Waals surface area (Å²) in [4.78, 5) is 3.88. The number of rotatable bonds is 6. The first-order valence-electron chi connectivity index (χ1n) is 6.72. The van der Waals surface area contributed by atoms with Crippen molar-refractivity contribution in [3.05, 3.63) is 22.2 Å². The zero-order valence-corrected chi connectivity index (χ0v) is 17.4. The molecule has 138 valence electrons. The SMILES string of the molecule is CN=C(NCCC(F)(F)F)NCc1cc(OC)c(OC)cc1Br.I. The predicted molar refractivity (Wildman–Crippen MR) is 102 cm³/mol. The van der Waals surface area contributed by atoms with E-state index >= 15 is 0 Å². The molecule has 1 aromatic carbocycles. The lowest BCUT2D eigenvalue weighted by atomic mass is 10.2. The topological polar surface area (TPSA) is 54.9 Å². The Kier molecular flexibility index (Phi) is 10.4. The summed E-state index contributed by atoms with van der Waals surface area (Å²) in [5, 5.41) is 5.56. The molecule has 5 nitrogen and oxygen atoms in total. The van der Waals surface area contributed by atoms with Gasteiger partial charge in [0.25, 0.3) is 0 Å². The van der Waals surface area contributed by atoms with Crippen molar-refractivity contribution >= 4 is 45.9 Å². The molecule has 1 rings (SSSR count). The van der Waals surface area contributed by atoms with E-state index in [1.165, 1.54) is 21.3 Å². The largest absolute Gasteiger partial charge is 0.493 e. The lowest BCUT2D eigenvalue weighted by Crippen LogP contribution is -2.38. The van der Waals surface area contributed by atoms with Gasteiger partial charge in [-0.2, -0.15) is 13.2 Å². The normalized spacial score (nSPS) is 11.5. The maximum atomic E-state index is 12.1. The van der Waals surface area contributed by atoms with E-state index in [4.69, 9.17) is 9.47 Å². The third-order valence-electron chi connectivity index (χ3n) is 2.92. The molecule has 0 radical (unpaired) electrons. The molecule has 0 aromatic heterocycles. The number of methoxy groups -OCH3 is 2. The van der Waals surface area contributed by atoms with Crippen LogP contribution in [0.25, 0.3) is 0 Å². The molecule has 1 aromatic rings. The minimum Gasteiger partial charge on any atom is -0.493 e. The Morgan fingerprint density at radius 2 is 1.75 bits per heavy atom. The molecule has 0 unspecified atom stereocenters. The number of benzene rings is 1. The maximum Gasteiger partial charge on any atom is 0.390 e. The highest BCUT2D eigenvalue weighted by Crippen LogP contribution is 2.33. The van der Waals surface area contributed by atoms with Crippen LogP contribution in [0.2, 0.25) is 0 Å². The summed E-state index contributed by atoms with van der Waals surface area (Å²) in [5.74, 6) is 1.43. The van der Waals surface area contributed by atoms with E-state index in [0.717, 1.165) is 10.0 Å². The summed E-state index contributed by atoms with van der Waals surface area (Å²) in [5.41, 5.74) is 0.849. The number of alkyl halides is 3. The molecule has 24 heavy (non-hydrogen) atoms. The minimum atomic E-state index is -4.20. The average molecular weight is 526 g/mol. The third kappa shape index (κ3) is 7.77. The molecule has 0 saturated carbocycles. The van der Waals surface area contributed by atoms with Gasteiger partial charge in [-0.25, -0.2) is 0 Å². The van der Waals surface area contributed by atoms with Gasteiger partial charge >= 0.3 is 6.18 Å². The second-order valence-electron chi connectivity index (χ2n) is 4.52. The Balaban J connectivity index is 0.00000529. The number of halogens is 5. The van der Waals surface area contributed by atoms with Crippen LogP contribution in [0.3, 0.4) is 0 Å². The Hall–Kier alpha value is -0.910. The molecule has 0 fully saturated rings. The van der Waals surface area contributed by atoms with Crippen LogP contribution in [0.15, 0.2) is 21.6 Å². The fourth-order valence-corrected chi connectivity index (χ4v) is 2.22. The standard InChI is InChI=1S/C14H19BrF3N3O2.HI/c1-19-13(20-5-4-14(16,17)18)21-8-9-6-11(22-2)12(23-3)7-10(9)15;/h6-7H,4-5,8H2,1-3H3,(H2,19,20,21);1H. The fourth-order valence-electron chi connectivity index (χ4n) is 1.75. The van der Waals surface area contributed by atoms with E-state index in [-0.39, 0.29) is 36.5 Å². The van der Waals surface area contributed by atoms with Crippen molar-refractivity contribution < 1.29 is 22.6 Å². The second kappa shape index (κ2) is 10.9. The van der Waals surface area contributed by atoms with Crippen molar-refractivity contribution in [2.75, 3.05) is 27.8 Å². The van der Waals surface area contributed by atoms with Gasteiger partial charge in [0.15, 0.2) is 17.5 Å². The molecule has 10 heteroatoms. The lowest BCUT2D eigenvalue weighted by Gasteiger charge is -2.15. The van der Waals surface area contributed by atoms with Crippen molar-refractivity contribution in [2.24, 2.45) is 4.99 Å². The summed E-state index contributed by atoms with van der Waals surface area (Å²) >= 11 is 3.42.